The standard InChI is InChI=1S/C25H33N3O3S2.ClH/c1-5-31-20-11-14-22-23(18-20)33-25(26-22)28(16-7-15-27(2)3)24(29)8-6-17-32-21-12-9-19(30-4)10-13-21;/h9-14,18H,5-8,15-17H2,1-4H3;1H. The zero-order chi connectivity index (χ0) is 23.6. The molecule has 0 unspecified atom stereocenters. The number of anilines is 1. The second-order valence-electron chi connectivity index (χ2n) is 7.89. The van der Waals surface area contributed by atoms with Gasteiger partial charge in [0.1, 0.15) is 11.5 Å². The highest BCUT2D eigenvalue weighted by atomic mass is 35.5. The largest absolute Gasteiger partial charge is 0.497 e. The lowest BCUT2D eigenvalue weighted by atomic mass is 10.3. The summed E-state index contributed by atoms with van der Waals surface area (Å²) < 4.78 is 11.9. The molecular weight excluding hydrogens is 490 g/mol. The van der Waals surface area contributed by atoms with Gasteiger partial charge in [-0.25, -0.2) is 4.98 Å². The normalized spacial score (nSPS) is 10.9. The zero-order valence-corrected chi connectivity index (χ0v) is 22.7. The quantitative estimate of drug-likeness (QED) is 0.203. The third-order valence-corrected chi connectivity index (χ3v) is 7.18. The van der Waals surface area contributed by atoms with Crippen LogP contribution in [0.5, 0.6) is 11.5 Å². The van der Waals surface area contributed by atoms with Gasteiger partial charge in [0.05, 0.1) is 23.9 Å². The number of thioether (sulfide) groups is 1. The highest BCUT2D eigenvalue weighted by Crippen LogP contribution is 2.32. The average Bonchev–Trinajstić information content (AvgIpc) is 3.23. The third kappa shape index (κ3) is 8.34. The van der Waals surface area contributed by atoms with Crippen LogP contribution in [-0.4, -0.2) is 62.4 Å². The lowest BCUT2D eigenvalue weighted by Gasteiger charge is -2.21. The summed E-state index contributed by atoms with van der Waals surface area (Å²) in [5.74, 6) is 2.71. The Morgan fingerprint density at radius 1 is 1.06 bits per heavy atom. The molecule has 0 bridgehead atoms. The predicted molar refractivity (Wildman–Crippen MR) is 147 cm³/mol. The first-order valence-corrected chi connectivity index (χ1v) is 13.1. The van der Waals surface area contributed by atoms with Crippen LogP contribution in [0.25, 0.3) is 10.2 Å². The van der Waals surface area contributed by atoms with Crippen molar-refractivity contribution in [3.8, 4) is 11.5 Å². The van der Waals surface area contributed by atoms with Crippen molar-refractivity contribution in [1.82, 2.24) is 9.88 Å². The van der Waals surface area contributed by atoms with E-state index in [1.807, 2.05) is 42.2 Å². The summed E-state index contributed by atoms with van der Waals surface area (Å²) in [5, 5.41) is 0.769. The van der Waals surface area contributed by atoms with Crippen molar-refractivity contribution < 1.29 is 14.3 Å². The molecule has 3 rings (SSSR count). The fraction of sp³-hybridized carbons (Fsp3) is 0.440. The number of hydrogen-bond donors (Lipinski definition) is 0. The first-order valence-electron chi connectivity index (χ1n) is 11.3. The van der Waals surface area contributed by atoms with Crippen LogP contribution < -0.4 is 14.4 Å². The number of aromatic nitrogens is 1. The molecule has 0 saturated heterocycles. The minimum atomic E-state index is 0. The van der Waals surface area contributed by atoms with Gasteiger partial charge in [0.15, 0.2) is 5.13 Å². The van der Waals surface area contributed by atoms with Crippen molar-refractivity contribution in [2.24, 2.45) is 0 Å². The van der Waals surface area contributed by atoms with Crippen molar-refractivity contribution >= 4 is 56.8 Å². The van der Waals surface area contributed by atoms with Crippen LogP contribution in [0.4, 0.5) is 5.13 Å². The smallest absolute Gasteiger partial charge is 0.228 e. The minimum absolute atomic E-state index is 0. The first kappa shape index (κ1) is 28.2. The molecule has 186 valence electrons. The molecule has 0 spiro atoms. The van der Waals surface area contributed by atoms with E-state index in [0.717, 1.165) is 52.0 Å². The Morgan fingerprint density at radius 2 is 1.79 bits per heavy atom. The van der Waals surface area contributed by atoms with Crippen LogP contribution in [0.15, 0.2) is 47.4 Å². The third-order valence-electron chi connectivity index (χ3n) is 5.04. The topological polar surface area (TPSA) is 54.9 Å². The Hall–Kier alpha value is -2.00. The van der Waals surface area contributed by atoms with Crippen molar-refractivity contribution in [3.63, 3.8) is 0 Å². The minimum Gasteiger partial charge on any atom is -0.497 e. The fourth-order valence-corrected chi connectivity index (χ4v) is 5.25. The fourth-order valence-electron chi connectivity index (χ4n) is 3.36. The number of halogens is 1. The van der Waals surface area contributed by atoms with E-state index in [4.69, 9.17) is 14.5 Å². The molecule has 6 nitrogen and oxygen atoms in total. The molecule has 1 heterocycles. The number of rotatable bonds is 13. The van der Waals surface area contributed by atoms with E-state index in [1.165, 1.54) is 4.90 Å². The summed E-state index contributed by atoms with van der Waals surface area (Å²) in [6.45, 7) is 4.19. The maximum atomic E-state index is 13.2. The summed E-state index contributed by atoms with van der Waals surface area (Å²) in [4.78, 5) is 23.1. The van der Waals surface area contributed by atoms with Gasteiger partial charge < -0.3 is 14.4 Å². The molecule has 1 aromatic heterocycles. The highest BCUT2D eigenvalue weighted by Gasteiger charge is 2.19. The zero-order valence-electron chi connectivity index (χ0n) is 20.3. The second kappa shape index (κ2) is 14.4. The van der Waals surface area contributed by atoms with E-state index in [-0.39, 0.29) is 18.3 Å². The van der Waals surface area contributed by atoms with Crippen molar-refractivity contribution in [1.29, 1.82) is 0 Å². The van der Waals surface area contributed by atoms with Gasteiger partial charge in [0.2, 0.25) is 5.91 Å². The Kier molecular flexibility index (Phi) is 12.0. The maximum Gasteiger partial charge on any atom is 0.228 e. The van der Waals surface area contributed by atoms with E-state index >= 15 is 0 Å². The van der Waals surface area contributed by atoms with E-state index < -0.39 is 0 Å². The molecule has 0 N–H and O–H groups in total. The Balaban J connectivity index is 0.00000408. The van der Waals surface area contributed by atoms with Crippen LogP contribution in [0.2, 0.25) is 0 Å². The maximum absolute atomic E-state index is 13.2. The summed E-state index contributed by atoms with van der Waals surface area (Å²) in [6, 6.07) is 13.9. The van der Waals surface area contributed by atoms with E-state index in [2.05, 4.69) is 31.1 Å². The molecular formula is C25H34ClN3O3S2. The molecule has 9 heteroatoms. The van der Waals surface area contributed by atoms with E-state index in [0.29, 0.717) is 19.6 Å². The Morgan fingerprint density at radius 3 is 2.47 bits per heavy atom. The number of nitrogens with zero attached hydrogens (tertiary/aromatic N) is 3. The van der Waals surface area contributed by atoms with Crippen LogP contribution >= 0.6 is 35.5 Å². The van der Waals surface area contributed by atoms with Crippen LogP contribution in [-0.2, 0) is 4.79 Å². The van der Waals surface area contributed by atoms with Crippen molar-refractivity contribution in [2.75, 3.05) is 51.6 Å². The van der Waals surface area contributed by atoms with Gasteiger partial charge in [-0.05, 0) is 88.6 Å². The number of ether oxygens (including phenoxy) is 2. The van der Waals surface area contributed by atoms with E-state index in [1.54, 1.807) is 30.2 Å². The van der Waals surface area contributed by atoms with Gasteiger partial charge >= 0.3 is 0 Å². The second-order valence-corrected chi connectivity index (χ2v) is 10.1. The van der Waals surface area contributed by atoms with Crippen LogP contribution in [0, 0.1) is 0 Å². The van der Waals surface area contributed by atoms with Gasteiger partial charge in [0, 0.05) is 17.9 Å². The molecule has 2 aromatic carbocycles. The number of carbonyl (C=O) groups is 1. The Bertz CT molecular complexity index is 1030. The number of carbonyl (C=O) groups excluding carboxylic acids is 1. The summed E-state index contributed by atoms with van der Waals surface area (Å²) in [6.07, 6.45) is 2.23. The number of benzene rings is 2. The number of methoxy groups -OCH3 is 1. The number of hydrogen-bond acceptors (Lipinski definition) is 7. The average molecular weight is 524 g/mol. The molecule has 0 radical (unpaired) electrons. The molecule has 1 amide bonds. The summed E-state index contributed by atoms with van der Waals surface area (Å²) in [7, 11) is 5.77. The lowest BCUT2D eigenvalue weighted by molar-refractivity contribution is -0.118. The van der Waals surface area contributed by atoms with Crippen LogP contribution in [0.3, 0.4) is 0 Å². The number of fused-ring (bicyclic) bond motifs is 1. The van der Waals surface area contributed by atoms with Gasteiger partial charge in [-0.3, -0.25) is 9.69 Å². The predicted octanol–water partition coefficient (Wildman–Crippen LogP) is 5.98. The van der Waals surface area contributed by atoms with Gasteiger partial charge in [-0.2, -0.15) is 0 Å². The molecule has 34 heavy (non-hydrogen) atoms. The Labute approximate surface area is 217 Å². The summed E-state index contributed by atoms with van der Waals surface area (Å²) in [5.41, 5.74) is 0.902. The van der Waals surface area contributed by atoms with Crippen molar-refractivity contribution in [2.45, 2.75) is 31.1 Å². The van der Waals surface area contributed by atoms with Crippen molar-refractivity contribution in [3.05, 3.63) is 42.5 Å². The summed E-state index contributed by atoms with van der Waals surface area (Å²) >= 11 is 3.32. The molecule has 0 aliphatic heterocycles. The number of thiazole rings is 1. The SMILES string of the molecule is CCOc1ccc2nc(N(CCCN(C)C)C(=O)CCCSc3ccc(OC)cc3)sc2c1.Cl. The monoisotopic (exact) mass is 523 g/mol. The van der Waals surface area contributed by atoms with Crippen LogP contribution in [0.1, 0.15) is 26.2 Å². The molecule has 0 atom stereocenters. The number of amides is 1. The molecule has 3 aromatic rings. The molecule has 0 aliphatic carbocycles. The van der Waals surface area contributed by atoms with Gasteiger partial charge in [-0.1, -0.05) is 11.3 Å². The van der Waals surface area contributed by atoms with Gasteiger partial charge in [0.25, 0.3) is 0 Å². The first-order chi connectivity index (χ1) is 16.0. The highest BCUT2D eigenvalue weighted by molar-refractivity contribution is 7.99. The molecule has 0 aliphatic rings. The lowest BCUT2D eigenvalue weighted by Crippen LogP contribution is -2.33. The van der Waals surface area contributed by atoms with E-state index in [9.17, 15) is 4.79 Å². The molecule has 0 saturated carbocycles. The molecule has 0 fully saturated rings. The van der Waals surface area contributed by atoms with Gasteiger partial charge in [-0.15, -0.1) is 24.2 Å².